The molecule has 0 radical (unpaired) electrons. The van der Waals surface area contributed by atoms with E-state index >= 15 is 0 Å². The first-order valence-corrected chi connectivity index (χ1v) is 8.38. The van der Waals surface area contributed by atoms with Gasteiger partial charge in [-0.25, -0.2) is 0 Å². The number of rotatable bonds is 6. The zero-order chi connectivity index (χ0) is 17.7. The summed E-state index contributed by atoms with van der Waals surface area (Å²) in [6.07, 6.45) is 0. The molecule has 0 spiro atoms. The lowest BCUT2D eigenvalue weighted by atomic mass is 10.1. The van der Waals surface area contributed by atoms with Gasteiger partial charge in [-0.05, 0) is 62.7 Å². The van der Waals surface area contributed by atoms with Gasteiger partial charge < -0.3 is 15.0 Å². The summed E-state index contributed by atoms with van der Waals surface area (Å²) in [6, 6.07) is 11.0. The zero-order valence-corrected chi connectivity index (χ0v) is 15.3. The molecular weight excluding hydrogens is 324 g/mol. The van der Waals surface area contributed by atoms with Crippen molar-refractivity contribution in [2.45, 2.75) is 20.8 Å². The van der Waals surface area contributed by atoms with E-state index in [1.54, 1.807) is 18.2 Å². The Hall–Kier alpha value is -2.20. The third-order valence-electron chi connectivity index (χ3n) is 3.99. The Labute approximate surface area is 148 Å². The number of nitrogens with one attached hydrogen (secondary N) is 1. The SMILES string of the molecule is CCN(CC)c1ccc(NC(=O)c2cc(Cl)ccc2OC)c(C)c1. The first-order chi connectivity index (χ1) is 11.5. The van der Waals surface area contributed by atoms with E-state index in [0.717, 1.165) is 30.0 Å². The van der Waals surface area contributed by atoms with E-state index in [1.807, 2.05) is 19.1 Å². The quantitative estimate of drug-likeness (QED) is 0.820. The average Bonchev–Trinajstić information content (AvgIpc) is 2.58. The molecule has 0 fully saturated rings. The number of methoxy groups -OCH3 is 1. The second kappa shape index (κ2) is 8.06. The summed E-state index contributed by atoms with van der Waals surface area (Å²) in [6.45, 7) is 8.13. The Bertz CT molecular complexity index is 727. The van der Waals surface area contributed by atoms with Gasteiger partial charge in [0.25, 0.3) is 5.91 Å². The minimum absolute atomic E-state index is 0.243. The Balaban J connectivity index is 2.25. The number of anilines is 2. The highest BCUT2D eigenvalue weighted by atomic mass is 35.5. The van der Waals surface area contributed by atoms with Crippen molar-refractivity contribution in [3.05, 3.63) is 52.5 Å². The van der Waals surface area contributed by atoms with Gasteiger partial charge in [-0.15, -0.1) is 0 Å². The molecule has 128 valence electrons. The lowest BCUT2D eigenvalue weighted by molar-refractivity contribution is 0.102. The second-order valence-electron chi connectivity index (χ2n) is 5.47. The zero-order valence-electron chi connectivity index (χ0n) is 14.5. The van der Waals surface area contributed by atoms with Crippen LogP contribution < -0.4 is 15.0 Å². The van der Waals surface area contributed by atoms with Crippen LogP contribution in [0.15, 0.2) is 36.4 Å². The molecule has 2 aromatic rings. The van der Waals surface area contributed by atoms with Crippen LogP contribution in [-0.4, -0.2) is 26.1 Å². The van der Waals surface area contributed by atoms with Crippen molar-refractivity contribution >= 4 is 28.9 Å². The molecule has 1 amide bonds. The van der Waals surface area contributed by atoms with Gasteiger partial charge in [0.2, 0.25) is 0 Å². The minimum atomic E-state index is -0.243. The fraction of sp³-hybridized carbons (Fsp3) is 0.316. The Morgan fingerprint density at radius 3 is 2.46 bits per heavy atom. The molecule has 0 bridgehead atoms. The third-order valence-corrected chi connectivity index (χ3v) is 4.23. The molecule has 2 aromatic carbocycles. The predicted octanol–water partition coefficient (Wildman–Crippen LogP) is 4.76. The monoisotopic (exact) mass is 346 g/mol. The van der Waals surface area contributed by atoms with Gasteiger partial charge in [0.15, 0.2) is 0 Å². The molecule has 2 rings (SSSR count). The Kier molecular flexibility index (Phi) is 6.10. The Morgan fingerprint density at radius 1 is 1.17 bits per heavy atom. The van der Waals surface area contributed by atoms with Gasteiger partial charge >= 0.3 is 0 Å². The fourth-order valence-corrected chi connectivity index (χ4v) is 2.79. The van der Waals surface area contributed by atoms with Crippen molar-refractivity contribution in [3.8, 4) is 5.75 Å². The number of hydrogen-bond donors (Lipinski definition) is 1. The van der Waals surface area contributed by atoms with Crippen LogP contribution in [0.25, 0.3) is 0 Å². The van der Waals surface area contributed by atoms with Crippen LogP contribution in [0.2, 0.25) is 5.02 Å². The van der Waals surface area contributed by atoms with Gasteiger partial charge in [0.05, 0.1) is 12.7 Å². The molecule has 0 saturated heterocycles. The number of carbonyl (C=O) groups excluding carboxylic acids is 1. The van der Waals surface area contributed by atoms with Crippen LogP contribution in [0.4, 0.5) is 11.4 Å². The van der Waals surface area contributed by atoms with Crippen LogP contribution in [0, 0.1) is 6.92 Å². The molecule has 0 aliphatic carbocycles. The number of hydrogen-bond acceptors (Lipinski definition) is 3. The number of ether oxygens (including phenoxy) is 1. The highest BCUT2D eigenvalue weighted by molar-refractivity contribution is 6.31. The highest BCUT2D eigenvalue weighted by Gasteiger charge is 2.14. The van der Waals surface area contributed by atoms with Crippen molar-refractivity contribution < 1.29 is 9.53 Å². The lowest BCUT2D eigenvalue weighted by Crippen LogP contribution is -2.22. The molecule has 0 saturated carbocycles. The molecule has 0 atom stereocenters. The molecule has 5 heteroatoms. The first-order valence-electron chi connectivity index (χ1n) is 8.00. The van der Waals surface area contributed by atoms with Crippen molar-refractivity contribution in [1.29, 1.82) is 0 Å². The van der Waals surface area contributed by atoms with E-state index in [2.05, 4.69) is 30.1 Å². The number of halogens is 1. The summed E-state index contributed by atoms with van der Waals surface area (Å²) >= 11 is 6.00. The number of aryl methyl sites for hydroxylation is 1. The molecule has 0 heterocycles. The Morgan fingerprint density at radius 2 is 1.88 bits per heavy atom. The molecule has 24 heavy (non-hydrogen) atoms. The van der Waals surface area contributed by atoms with Crippen molar-refractivity contribution in [2.24, 2.45) is 0 Å². The van der Waals surface area contributed by atoms with Crippen LogP contribution in [0.5, 0.6) is 5.75 Å². The summed E-state index contributed by atoms with van der Waals surface area (Å²) in [5.41, 5.74) is 3.35. The second-order valence-corrected chi connectivity index (χ2v) is 5.91. The topological polar surface area (TPSA) is 41.6 Å². The van der Waals surface area contributed by atoms with E-state index in [9.17, 15) is 4.79 Å². The van der Waals surface area contributed by atoms with Crippen LogP contribution in [0.1, 0.15) is 29.8 Å². The molecule has 1 N–H and O–H groups in total. The van der Waals surface area contributed by atoms with Crippen molar-refractivity contribution in [3.63, 3.8) is 0 Å². The first kappa shape index (κ1) is 18.1. The number of amides is 1. The van der Waals surface area contributed by atoms with Crippen LogP contribution >= 0.6 is 11.6 Å². The van der Waals surface area contributed by atoms with Crippen molar-refractivity contribution in [2.75, 3.05) is 30.4 Å². The normalized spacial score (nSPS) is 10.4. The van der Waals surface area contributed by atoms with E-state index in [-0.39, 0.29) is 5.91 Å². The summed E-state index contributed by atoms with van der Waals surface area (Å²) in [5.74, 6) is 0.252. The number of carbonyl (C=O) groups is 1. The van der Waals surface area contributed by atoms with Gasteiger partial charge in [-0.1, -0.05) is 11.6 Å². The maximum Gasteiger partial charge on any atom is 0.259 e. The highest BCUT2D eigenvalue weighted by Crippen LogP contribution is 2.26. The summed E-state index contributed by atoms with van der Waals surface area (Å²) < 4.78 is 5.24. The van der Waals surface area contributed by atoms with E-state index in [1.165, 1.54) is 7.11 Å². The largest absolute Gasteiger partial charge is 0.496 e. The molecule has 0 aliphatic rings. The average molecular weight is 347 g/mol. The predicted molar refractivity (Wildman–Crippen MR) is 101 cm³/mol. The van der Waals surface area contributed by atoms with E-state index in [0.29, 0.717) is 16.3 Å². The van der Waals surface area contributed by atoms with Gasteiger partial charge in [-0.2, -0.15) is 0 Å². The molecule has 0 unspecified atom stereocenters. The smallest absolute Gasteiger partial charge is 0.259 e. The number of benzene rings is 2. The standard InChI is InChI=1S/C19H23ClN2O2/c1-5-22(6-2)15-8-9-17(13(3)11-15)21-19(23)16-12-14(20)7-10-18(16)24-4/h7-12H,5-6H2,1-4H3,(H,21,23). The fourth-order valence-electron chi connectivity index (χ4n) is 2.62. The number of nitrogens with zero attached hydrogens (tertiary/aromatic N) is 1. The molecule has 0 aromatic heterocycles. The molecule has 4 nitrogen and oxygen atoms in total. The third kappa shape index (κ3) is 4.01. The maximum absolute atomic E-state index is 12.6. The minimum Gasteiger partial charge on any atom is -0.496 e. The molecular formula is C19H23ClN2O2. The van der Waals surface area contributed by atoms with E-state index in [4.69, 9.17) is 16.3 Å². The van der Waals surface area contributed by atoms with Crippen molar-refractivity contribution in [1.82, 2.24) is 0 Å². The summed E-state index contributed by atoms with van der Waals surface area (Å²) in [5, 5.41) is 3.43. The summed E-state index contributed by atoms with van der Waals surface area (Å²) in [7, 11) is 1.53. The van der Waals surface area contributed by atoms with Gasteiger partial charge in [0.1, 0.15) is 5.75 Å². The van der Waals surface area contributed by atoms with Gasteiger partial charge in [0, 0.05) is 29.5 Å². The maximum atomic E-state index is 12.6. The molecule has 0 aliphatic heterocycles. The van der Waals surface area contributed by atoms with E-state index < -0.39 is 0 Å². The van der Waals surface area contributed by atoms with Gasteiger partial charge in [-0.3, -0.25) is 4.79 Å². The van der Waals surface area contributed by atoms with Crippen LogP contribution in [0.3, 0.4) is 0 Å². The lowest BCUT2D eigenvalue weighted by Gasteiger charge is -2.22. The summed E-state index contributed by atoms with van der Waals surface area (Å²) in [4.78, 5) is 14.8. The van der Waals surface area contributed by atoms with Crippen LogP contribution in [-0.2, 0) is 0 Å².